The van der Waals surface area contributed by atoms with E-state index in [1.807, 2.05) is 6.08 Å². The Morgan fingerprint density at radius 1 is 1.02 bits per heavy atom. The molecule has 3 aliphatic heterocycles. The minimum absolute atomic E-state index is 0.0215. The number of fused-ring (bicyclic) bond motifs is 3. The predicted octanol–water partition coefficient (Wildman–Crippen LogP) is 2.31. The Morgan fingerprint density at radius 2 is 1.70 bits per heavy atom. The fourth-order valence-electron chi connectivity index (χ4n) is 9.68. The molecule has 7 N–H and O–H groups in total. The maximum atomic E-state index is 14.4. The lowest BCUT2D eigenvalue weighted by atomic mass is 9.76. The SMILES string of the molecule is CO[C@@H]1C[C@H](/C=C(\C)[C@H]2OC(=O)[C@@H]3CCCCN3C(=O)C(=O)[C@]3(O)O[C@H]([C@@H](C=O)C[C@@H](O)C/C(C)=C/[C@@H](CCCSC[C@H](N)C(=O)O)C(=O)C[C@H](O)[C@H]2C)[C@@H](C=O)C[C@H]3C)CC[C@H]1O. The zero-order valence-corrected chi connectivity index (χ0v) is 38.6. The Kier molecular flexibility index (Phi) is 20.3. The molecule has 2 saturated heterocycles. The number of piperidine rings is 1. The van der Waals surface area contributed by atoms with Gasteiger partial charge >= 0.3 is 11.9 Å². The number of carboxylic acid groups (broad SMARTS) is 1. The number of carbonyl (C=O) groups excluding carboxylic acids is 6. The maximum Gasteiger partial charge on any atom is 0.329 e. The third kappa shape index (κ3) is 13.6. The number of aliphatic carboxylic acids is 1. The number of allylic oxidation sites excluding steroid dienone is 2. The van der Waals surface area contributed by atoms with E-state index in [0.29, 0.717) is 74.4 Å². The van der Waals surface area contributed by atoms with Gasteiger partial charge in [0.05, 0.1) is 30.5 Å². The van der Waals surface area contributed by atoms with Crippen LogP contribution in [0, 0.1) is 35.5 Å². The molecule has 4 rings (SSSR count). The Balaban J connectivity index is 1.76. The van der Waals surface area contributed by atoms with Crippen LogP contribution in [0.4, 0.5) is 0 Å². The first-order valence-electron chi connectivity index (χ1n) is 22.6. The van der Waals surface area contributed by atoms with Gasteiger partial charge in [-0.05, 0) is 102 Å². The molecular weight excluding hydrogens is 853 g/mol. The molecule has 3 fully saturated rings. The monoisotopic (exact) mass is 922 g/mol. The summed E-state index contributed by atoms with van der Waals surface area (Å²) in [7, 11) is 1.52. The van der Waals surface area contributed by atoms with Crippen molar-refractivity contribution < 1.29 is 73.3 Å². The van der Waals surface area contributed by atoms with Crippen LogP contribution >= 0.6 is 11.8 Å². The molecule has 0 spiro atoms. The van der Waals surface area contributed by atoms with Crippen molar-refractivity contribution in [1.29, 1.82) is 0 Å². The Labute approximate surface area is 379 Å². The average molecular weight is 923 g/mol. The molecule has 4 aliphatic rings. The van der Waals surface area contributed by atoms with Crippen LogP contribution in [0.5, 0.6) is 0 Å². The Morgan fingerprint density at radius 3 is 2.36 bits per heavy atom. The molecule has 0 aromatic rings. The topological polar surface area (TPSA) is 278 Å². The molecule has 1 aliphatic carbocycles. The minimum atomic E-state index is -2.79. The number of ether oxygens (including phenoxy) is 3. The molecular formula is C46H70N2O15S. The number of hydrogen-bond acceptors (Lipinski definition) is 16. The van der Waals surface area contributed by atoms with E-state index in [4.69, 9.17) is 19.9 Å². The fraction of sp³-hybridized carbons (Fsp3) is 0.761. The molecule has 17 nitrogen and oxygen atoms in total. The van der Waals surface area contributed by atoms with Gasteiger partial charge < -0.3 is 60.0 Å². The molecule has 360 valence electrons. The standard InChI is InChI=1S/C46H70N2O15S/c1-25-15-30(9-8-14-64-24-34(47)44(57)58)38(54)21-37(53)28(4)40(26(2)17-29-11-12-36(52)39(19-29)61-5)62-45(59)35-10-6-7-13-48(35)43(56)42(55)46(60)27(3)18-31(22-49)41(63-46)32(23-50)20-33(51)16-25/h15,17,22-23,27-37,39-41,51-53,60H,6-14,16,18-21,24,47H2,1-5H3,(H,57,58)/b25-15+,26-17+/t27-,28-,29+,30-,31-,32-,33+,34+,35+,36-,37+,39-,40-,41+,46-/m1/s1. The number of aliphatic hydroxyl groups excluding tert-OH is 3. The van der Waals surface area contributed by atoms with Gasteiger partial charge in [-0.2, -0.15) is 11.8 Å². The van der Waals surface area contributed by atoms with Gasteiger partial charge in [0.1, 0.15) is 36.5 Å². The summed E-state index contributed by atoms with van der Waals surface area (Å²) in [5, 5.41) is 54.7. The van der Waals surface area contributed by atoms with Crippen molar-refractivity contribution in [3.05, 3.63) is 23.3 Å². The summed E-state index contributed by atoms with van der Waals surface area (Å²) >= 11 is 1.32. The van der Waals surface area contributed by atoms with Gasteiger partial charge in [0, 0.05) is 55.4 Å². The third-order valence-corrected chi connectivity index (χ3v) is 14.7. The molecule has 1 amide bonds. The van der Waals surface area contributed by atoms with E-state index in [1.165, 1.54) is 25.8 Å². The van der Waals surface area contributed by atoms with Gasteiger partial charge in [-0.15, -0.1) is 0 Å². The summed E-state index contributed by atoms with van der Waals surface area (Å²) in [6.45, 7) is 6.49. The number of nitrogens with zero attached hydrogens (tertiary/aromatic N) is 1. The van der Waals surface area contributed by atoms with Crippen molar-refractivity contribution in [2.45, 2.75) is 159 Å². The van der Waals surface area contributed by atoms with E-state index in [9.17, 15) is 59.1 Å². The van der Waals surface area contributed by atoms with Gasteiger partial charge in [-0.3, -0.25) is 19.2 Å². The van der Waals surface area contributed by atoms with Crippen LogP contribution < -0.4 is 5.73 Å². The zero-order chi connectivity index (χ0) is 47.5. The number of aldehydes is 2. The fourth-order valence-corrected chi connectivity index (χ4v) is 10.6. The van der Waals surface area contributed by atoms with Crippen LogP contribution in [-0.2, 0) is 47.8 Å². The number of methoxy groups -OCH3 is 1. The molecule has 64 heavy (non-hydrogen) atoms. The average Bonchev–Trinajstić information content (AvgIpc) is 3.26. The summed E-state index contributed by atoms with van der Waals surface area (Å²) in [6.07, 6.45) is 1.10. The zero-order valence-electron chi connectivity index (χ0n) is 37.8. The van der Waals surface area contributed by atoms with Crippen LogP contribution in [-0.4, -0.2) is 152 Å². The molecule has 2 bridgehead atoms. The van der Waals surface area contributed by atoms with Crippen LogP contribution in [0.15, 0.2) is 23.3 Å². The normalized spacial score (nSPS) is 38.2. The number of thioether (sulfide) groups is 1. The second-order valence-corrected chi connectivity index (χ2v) is 19.7. The highest BCUT2D eigenvalue weighted by Crippen LogP contribution is 2.40. The summed E-state index contributed by atoms with van der Waals surface area (Å²) in [5.41, 5.74) is 6.79. The Hall–Kier alpha value is -3.36. The maximum absolute atomic E-state index is 14.4. The molecule has 3 heterocycles. The number of Topliss-reactive ketones (excluding diaryl/α,β-unsaturated/α-hetero) is 2. The number of ketones is 2. The molecule has 0 aromatic heterocycles. The number of carbonyl (C=O) groups is 7. The highest BCUT2D eigenvalue weighted by Gasteiger charge is 2.56. The molecule has 0 radical (unpaired) electrons. The molecule has 0 unspecified atom stereocenters. The third-order valence-electron chi connectivity index (χ3n) is 13.6. The van der Waals surface area contributed by atoms with E-state index in [-0.39, 0.29) is 56.1 Å². The van der Waals surface area contributed by atoms with Crippen LogP contribution in [0.2, 0.25) is 0 Å². The van der Waals surface area contributed by atoms with Crippen LogP contribution in [0.3, 0.4) is 0 Å². The first kappa shape index (κ1) is 53.3. The van der Waals surface area contributed by atoms with Crippen LogP contribution in [0.25, 0.3) is 0 Å². The molecule has 1 saturated carbocycles. The van der Waals surface area contributed by atoms with Gasteiger partial charge in [0.15, 0.2) is 0 Å². The van der Waals surface area contributed by atoms with Gasteiger partial charge in [0.25, 0.3) is 11.7 Å². The lowest BCUT2D eigenvalue weighted by Crippen LogP contribution is -2.63. The number of hydrogen-bond donors (Lipinski definition) is 6. The van der Waals surface area contributed by atoms with Gasteiger partial charge in [0.2, 0.25) is 5.79 Å². The van der Waals surface area contributed by atoms with E-state index < -0.39 is 108 Å². The molecule has 15 atom stereocenters. The van der Waals surface area contributed by atoms with Crippen LogP contribution in [0.1, 0.15) is 105 Å². The summed E-state index contributed by atoms with van der Waals surface area (Å²) < 4.78 is 17.7. The van der Waals surface area contributed by atoms with E-state index in [2.05, 4.69) is 0 Å². The van der Waals surface area contributed by atoms with Crippen molar-refractivity contribution in [1.82, 2.24) is 4.90 Å². The summed E-state index contributed by atoms with van der Waals surface area (Å²) in [4.78, 5) is 94.2. The van der Waals surface area contributed by atoms with Crippen molar-refractivity contribution in [3.8, 4) is 0 Å². The highest BCUT2D eigenvalue weighted by atomic mass is 32.2. The minimum Gasteiger partial charge on any atom is -0.480 e. The largest absolute Gasteiger partial charge is 0.480 e. The second kappa shape index (κ2) is 24.4. The molecule has 18 heteroatoms. The van der Waals surface area contributed by atoms with Gasteiger partial charge in [-0.25, -0.2) is 4.79 Å². The highest BCUT2D eigenvalue weighted by molar-refractivity contribution is 7.99. The van der Waals surface area contributed by atoms with Crippen molar-refractivity contribution in [3.63, 3.8) is 0 Å². The smallest absolute Gasteiger partial charge is 0.329 e. The first-order chi connectivity index (χ1) is 30.2. The number of nitrogens with two attached hydrogens (primary N) is 1. The van der Waals surface area contributed by atoms with E-state index in [0.717, 1.165) is 4.90 Å². The number of amides is 1. The van der Waals surface area contributed by atoms with E-state index >= 15 is 0 Å². The predicted molar refractivity (Wildman–Crippen MR) is 234 cm³/mol. The number of esters is 1. The quantitative estimate of drug-likeness (QED) is 0.0539. The first-order valence-corrected chi connectivity index (χ1v) is 23.8. The van der Waals surface area contributed by atoms with Crippen molar-refractivity contribution in [2.24, 2.45) is 41.2 Å². The van der Waals surface area contributed by atoms with Crippen molar-refractivity contribution in [2.75, 3.05) is 25.2 Å². The van der Waals surface area contributed by atoms with Gasteiger partial charge in [-0.1, -0.05) is 31.6 Å². The lowest BCUT2D eigenvalue weighted by Gasteiger charge is -2.45. The molecule has 0 aromatic carbocycles. The number of rotatable bonds is 12. The summed E-state index contributed by atoms with van der Waals surface area (Å²) in [6, 6.07) is -2.33. The summed E-state index contributed by atoms with van der Waals surface area (Å²) in [5.74, 6) is -12.1. The van der Waals surface area contributed by atoms with E-state index in [1.54, 1.807) is 26.8 Å². The van der Waals surface area contributed by atoms with Crippen molar-refractivity contribution >= 4 is 53.7 Å². The number of cyclic esters (lactones) is 1. The second-order valence-electron chi connectivity index (χ2n) is 18.5. The Bertz CT molecular complexity index is 1720. The number of carboxylic acids is 1. The lowest BCUT2D eigenvalue weighted by molar-refractivity contribution is -0.278. The number of aliphatic hydroxyl groups is 4.